The number of hydrazone groups is 1. The first-order valence-electron chi connectivity index (χ1n) is 5.04. The zero-order valence-electron chi connectivity index (χ0n) is 9.20. The van der Waals surface area contributed by atoms with Crippen molar-refractivity contribution in [3.05, 3.63) is 23.8 Å². The summed E-state index contributed by atoms with van der Waals surface area (Å²) >= 11 is 0. The lowest BCUT2D eigenvalue weighted by atomic mass is 10.0. The van der Waals surface area contributed by atoms with Gasteiger partial charge < -0.3 is 0 Å². The Morgan fingerprint density at radius 1 is 1.53 bits per heavy atom. The summed E-state index contributed by atoms with van der Waals surface area (Å²) in [6.45, 7) is 1.73. The van der Waals surface area contributed by atoms with Crippen molar-refractivity contribution < 1.29 is 17.8 Å². The Labute approximate surface area is 99.0 Å². The molecule has 92 valence electrons. The zero-order chi connectivity index (χ0) is 12.7. The lowest BCUT2D eigenvalue weighted by Crippen LogP contribution is -2.52. The van der Waals surface area contributed by atoms with E-state index in [1.54, 1.807) is 13.0 Å². The summed E-state index contributed by atoms with van der Waals surface area (Å²) < 4.78 is 32.6. The van der Waals surface area contributed by atoms with E-state index in [1.165, 1.54) is 18.4 Å². The van der Waals surface area contributed by atoms with E-state index >= 15 is 0 Å². The Morgan fingerprint density at radius 2 is 2.24 bits per heavy atom. The Hall–Kier alpha value is -1.47. The maximum Gasteiger partial charge on any atom is 0.295 e. The molecule has 1 aliphatic heterocycles. The van der Waals surface area contributed by atoms with Crippen LogP contribution in [0.15, 0.2) is 28.9 Å². The van der Waals surface area contributed by atoms with Crippen molar-refractivity contribution in [2.24, 2.45) is 5.10 Å². The number of hydrogen-bond donors (Lipinski definition) is 1. The summed E-state index contributed by atoms with van der Waals surface area (Å²) in [6.07, 6.45) is 5.92. The molecule has 0 radical (unpaired) electrons. The summed E-state index contributed by atoms with van der Waals surface area (Å²) in [5, 5.41) is 4.60. The monoisotopic (exact) mass is 256 g/mol. The van der Waals surface area contributed by atoms with Crippen molar-refractivity contribution in [1.82, 2.24) is 5.01 Å². The maximum absolute atomic E-state index is 11.6. The van der Waals surface area contributed by atoms with Gasteiger partial charge in [-0.1, -0.05) is 17.7 Å². The highest BCUT2D eigenvalue weighted by molar-refractivity contribution is 7.87. The van der Waals surface area contributed by atoms with Gasteiger partial charge in [0.15, 0.2) is 0 Å². The van der Waals surface area contributed by atoms with E-state index in [9.17, 15) is 17.8 Å². The highest BCUT2D eigenvalue weighted by Crippen LogP contribution is 2.35. The van der Waals surface area contributed by atoms with Crippen LogP contribution in [-0.2, 0) is 14.9 Å². The number of nitrogens with zero attached hydrogens (tertiary/aromatic N) is 2. The van der Waals surface area contributed by atoms with Crippen LogP contribution < -0.4 is 0 Å². The lowest BCUT2D eigenvalue weighted by Gasteiger charge is -2.35. The molecule has 0 bridgehead atoms. The number of rotatable bonds is 2. The quantitative estimate of drug-likeness (QED) is 0.736. The number of allylic oxidation sites excluding steroid dienone is 2. The summed E-state index contributed by atoms with van der Waals surface area (Å²) in [6, 6.07) is 0. The van der Waals surface area contributed by atoms with Crippen LogP contribution in [0.25, 0.3) is 0 Å². The molecule has 1 unspecified atom stereocenters. The molecule has 1 amide bonds. The fourth-order valence-electron chi connectivity index (χ4n) is 1.97. The van der Waals surface area contributed by atoms with E-state index in [4.69, 9.17) is 0 Å². The van der Waals surface area contributed by atoms with Gasteiger partial charge in [-0.25, -0.2) is 5.01 Å². The second-order valence-corrected chi connectivity index (χ2v) is 5.73. The molecule has 0 saturated carbocycles. The van der Waals surface area contributed by atoms with Gasteiger partial charge in [0.25, 0.3) is 10.1 Å². The number of carbonyl (C=O) groups excluding carboxylic acids is 1. The van der Waals surface area contributed by atoms with Gasteiger partial charge in [0.1, 0.15) is 0 Å². The maximum atomic E-state index is 11.6. The first kappa shape index (κ1) is 12.0. The minimum absolute atomic E-state index is 0.0193. The molecule has 6 nitrogen and oxygen atoms in total. The van der Waals surface area contributed by atoms with Crippen molar-refractivity contribution in [3.63, 3.8) is 0 Å². The SMILES string of the molecule is CC1=CC=CC(N2N=CCC2=O)(S(=O)(=O)O)C1. The topological polar surface area (TPSA) is 87.0 Å². The lowest BCUT2D eigenvalue weighted by molar-refractivity contribution is -0.131. The minimum Gasteiger partial charge on any atom is -0.283 e. The normalized spacial score (nSPS) is 28.7. The molecule has 0 fully saturated rings. The Morgan fingerprint density at radius 3 is 2.71 bits per heavy atom. The van der Waals surface area contributed by atoms with E-state index in [-0.39, 0.29) is 12.8 Å². The summed E-state index contributed by atoms with van der Waals surface area (Å²) in [5.41, 5.74) is 0.750. The van der Waals surface area contributed by atoms with Crippen molar-refractivity contribution >= 4 is 22.2 Å². The van der Waals surface area contributed by atoms with E-state index in [0.29, 0.717) is 0 Å². The van der Waals surface area contributed by atoms with Crippen molar-refractivity contribution in [2.45, 2.75) is 24.6 Å². The van der Waals surface area contributed by atoms with Crippen LogP contribution in [0.5, 0.6) is 0 Å². The summed E-state index contributed by atoms with van der Waals surface area (Å²) in [7, 11) is -4.47. The van der Waals surface area contributed by atoms with Crippen LogP contribution in [-0.4, -0.2) is 35.0 Å². The fourth-order valence-corrected chi connectivity index (χ4v) is 3.00. The van der Waals surface area contributed by atoms with E-state index < -0.39 is 20.9 Å². The van der Waals surface area contributed by atoms with Crippen LogP contribution in [0.1, 0.15) is 19.8 Å². The summed E-state index contributed by atoms with van der Waals surface area (Å²) in [5.74, 6) is -0.443. The molecule has 0 aromatic rings. The van der Waals surface area contributed by atoms with Crippen LogP contribution in [0.3, 0.4) is 0 Å². The number of hydrogen-bond acceptors (Lipinski definition) is 4. The van der Waals surface area contributed by atoms with Gasteiger partial charge >= 0.3 is 0 Å². The smallest absolute Gasteiger partial charge is 0.283 e. The molecule has 1 heterocycles. The minimum atomic E-state index is -4.47. The van der Waals surface area contributed by atoms with Gasteiger partial charge in [-0.3, -0.25) is 9.35 Å². The van der Waals surface area contributed by atoms with E-state index in [1.807, 2.05) is 0 Å². The number of amides is 1. The average Bonchev–Trinajstić information content (AvgIpc) is 2.63. The third-order valence-electron chi connectivity index (χ3n) is 2.77. The van der Waals surface area contributed by atoms with Crippen LogP contribution in [0, 0.1) is 0 Å². The number of carbonyl (C=O) groups is 1. The van der Waals surface area contributed by atoms with Gasteiger partial charge in [-0.2, -0.15) is 13.5 Å². The molecule has 0 aromatic carbocycles. The zero-order valence-corrected chi connectivity index (χ0v) is 10.0. The predicted molar refractivity (Wildman–Crippen MR) is 61.7 cm³/mol. The molecule has 1 atom stereocenters. The average molecular weight is 256 g/mol. The molecule has 1 N–H and O–H groups in total. The highest BCUT2D eigenvalue weighted by Gasteiger charge is 2.50. The molecule has 0 spiro atoms. The second kappa shape index (κ2) is 3.78. The predicted octanol–water partition coefficient (Wildman–Crippen LogP) is 0.695. The second-order valence-electron chi connectivity index (χ2n) is 4.08. The van der Waals surface area contributed by atoms with E-state index in [2.05, 4.69) is 5.10 Å². The van der Waals surface area contributed by atoms with Gasteiger partial charge in [0.05, 0.1) is 6.42 Å². The van der Waals surface area contributed by atoms with Crippen LogP contribution in [0.2, 0.25) is 0 Å². The molecule has 7 heteroatoms. The summed E-state index contributed by atoms with van der Waals surface area (Å²) in [4.78, 5) is 9.81. The van der Waals surface area contributed by atoms with Gasteiger partial charge in [0.2, 0.25) is 10.8 Å². The van der Waals surface area contributed by atoms with Crippen molar-refractivity contribution in [3.8, 4) is 0 Å². The molecule has 2 aliphatic rings. The Balaban J connectivity index is 2.54. The molecule has 1 aliphatic carbocycles. The Bertz CT molecular complexity index is 547. The van der Waals surface area contributed by atoms with Crippen LogP contribution >= 0.6 is 0 Å². The third kappa shape index (κ3) is 1.81. The molecule has 0 saturated heterocycles. The highest BCUT2D eigenvalue weighted by atomic mass is 32.2. The molecule has 0 aromatic heterocycles. The van der Waals surface area contributed by atoms with E-state index in [0.717, 1.165) is 10.6 Å². The fraction of sp³-hybridized carbons (Fsp3) is 0.400. The van der Waals surface area contributed by atoms with Gasteiger partial charge in [-0.15, -0.1) is 0 Å². The Kier molecular flexibility index (Phi) is 2.67. The van der Waals surface area contributed by atoms with Crippen LogP contribution in [0.4, 0.5) is 0 Å². The molecule has 17 heavy (non-hydrogen) atoms. The molecule has 2 rings (SSSR count). The molecular weight excluding hydrogens is 244 g/mol. The standard InChI is InChI=1S/C10H12N2O4S/c1-8-3-2-5-10(7-8,17(14,15)16)12-9(13)4-6-11-12/h2-3,5-6H,4,7H2,1H3,(H,14,15,16). The van der Waals surface area contributed by atoms with Gasteiger partial charge in [0, 0.05) is 12.6 Å². The largest absolute Gasteiger partial charge is 0.295 e. The van der Waals surface area contributed by atoms with Crippen molar-refractivity contribution in [1.29, 1.82) is 0 Å². The molecular formula is C10H12N2O4S. The first-order valence-corrected chi connectivity index (χ1v) is 6.48. The van der Waals surface area contributed by atoms with Crippen molar-refractivity contribution in [2.75, 3.05) is 0 Å². The van der Waals surface area contributed by atoms with Gasteiger partial charge in [-0.05, 0) is 13.0 Å². The first-order chi connectivity index (χ1) is 7.87. The third-order valence-corrected chi connectivity index (χ3v) is 4.12.